The number of carbonyl (C=O) groups is 3. The number of rotatable bonds is 10. The van der Waals surface area contributed by atoms with Crippen LogP contribution in [0.25, 0.3) is 0 Å². The van der Waals surface area contributed by atoms with Gasteiger partial charge in [-0.2, -0.15) is 0 Å². The quantitative estimate of drug-likeness (QED) is 0.107. The van der Waals surface area contributed by atoms with Crippen molar-refractivity contribution in [3.63, 3.8) is 0 Å². The third-order valence-corrected chi connectivity index (χ3v) is 5.49. The van der Waals surface area contributed by atoms with Gasteiger partial charge in [0.05, 0.1) is 18.6 Å². The molecule has 1 aromatic rings. The van der Waals surface area contributed by atoms with E-state index >= 15 is 0 Å². The number of Topliss-reactive ketones (excluding diaryl/α,β-unsaturated/α-hetero) is 1. The Labute approximate surface area is 174 Å². The van der Waals surface area contributed by atoms with Crippen molar-refractivity contribution in [1.29, 1.82) is 0 Å². The molecule has 0 aromatic heterocycles. The number of benzene rings is 1. The highest BCUT2D eigenvalue weighted by atomic mass is 32.2. The van der Waals surface area contributed by atoms with E-state index in [1.165, 1.54) is 24.3 Å². The fraction of sp³-hybridized carbons (Fsp3) is 0.474. The summed E-state index contributed by atoms with van der Waals surface area (Å²) in [5.74, 6) is -6.74. The molecule has 0 saturated heterocycles. The molecule has 0 amide bonds. The Hall–Kier alpha value is -2.95. The Morgan fingerprint density at radius 3 is 2.30 bits per heavy atom. The van der Waals surface area contributed by atoms with Crippen molar-refractivity contribution in [1.82, 2.24) is 0 Å². The first-order valence-corrected chi connectivity index (χ1v) is 10.9. The molecular formula is C19H25NO9S. The van der Waals surface area contributed by atoms with Crippen molar-refractivity contribution in [3.8, 4) is 0 Å². The van der Waals surface area contributed by atoms with Gasteiger partial charge in [-0.3, -0.25) is 14.8 Å². The summed E-state index contributed by atoms with van der Waals surface area (Å²) in [6.07, 6.45) is 2.09. The monoisotopic (exact) mass is 443 g/mol. The lowest BCUT2D eigenvalue weighted by molar-refractivity contribution is -0.726. The highest BCUT2D eigenvalue weighted by Gasteiger charge is 2.48. The molecule has 0 spiro atoms. The minimum atomic E-state index is -3.91. The molecule has 0 saturated carbocycles. The normalized spacial score (nSPS) is 14.3. The van der Waals surface area contributed by atoms with Crippen LogP contribution in [0.5, 0.6) is 0 Å². The summed E-state index contributed by atoms with van der Waals surface area (Å²) in [4.78, 5) is 36.2. The van der Waals surface area contributed by atoms with Gasteiger partial charge in [0, 0.05) is 11.2 Å². The lowest BCUT2D eigenvalue weighted by Crippen LogP contribution is -2.41. The Kier molecular flexibility index (Phi) is 8.96. The van der Waals surface area contributed by atoms with Crippen LogP contribution in [0.1, 0.15) is 38.2 Å². The van der Waals surface area contributed by atoms with Crippen molar-refractivity contribution in [2.75, 3.05) is 20.0 Å². The molecular weight excluding hydrogens is 418 g/mol. The second-order valence-corrected chi connectivity index (χ2v) is 8.53. The Balaban J connectivity index is 3.83. The molecule has 0 aliphatic carbocycles. The van der Waals surface area contributed by atoms with Gasteiger partial charge in [-0.15, -0.1) is 0 Å². The van der Waals surface area contributed by atoms with Crippen LogP contribution >= 0.6 is 0 Å². The summed E-state index contributed by atoms with van der Waals surface area (Å²) in [5.41, 5.74) is -1.23. The molecule has 0 bridgehead atoms. The van der Waals surface area contributed by atoms with E-state index in [0.29, 0.717) is 12.8 Å². The smallest absolute Gasteiger partial charge is 0.405 e. The summed E-state index contributed by atoms with van der Waals surface area (Å²) >= 11 is 0. The molecule has 0 aliphatic rings. The molecule has 0 radical (unpaired) electrons. The highest BCUT2D eigenvalue weighted by Crippen LogP contribution is 2.33. The minimum Gasteiger partial charge on any atom is -0.465 e. The van der Waals surface area contributed by atoms with Crippen LogP contribution in [0.2, 0.25) is 0 Å². The third kappa shape index (κ3) is 6.02. The van der Waals surface area contributed by atoms with Gasteiger partial charge in [0.2, 0.25) is 0 Å². The van der Waals surface area contributed by atoms with Gasteiger partial charge in [0.1, 0.15) is 17.6 Å². The largest absolute Gasteiger partial charge is 0.465 e. The van der Waals surface area contributed by atoms with E-state index in [9.17, 15) is 33.2 Å². The Morgan fingerprint density at radius 1 is 1.23 bits per heavy atom. The fourth-order valence-electron chi connectivity index (χ4n) is 2.93. The van der Waals surface area contributed by atoms with Crippen LogP contribution in [-0.4, -0.2) is 61.9 Å². The van der Waals surface area contributed by atoms with Gasteiger partial charge in [0.25, 0.3) is 0 Å². The van der Waals surface area contributed by atoms with Crippen molar-refractivity contribution < 1.29 is 42.4 Å². The zero-order chi connectivity index (χ0) is 23.1. The van der Waals surface area contributed by atoms with Crippen LogP contribution in [0, 0.1) is 11.1 Å². The van der Waals surface area contributed by atoms with E-state index in [2.05, 4.69) is 4.74 Å². The van der Waals surface area contributed by atoms with Gasteiger partial charge in [-0.25, -0.2) is 13.2 Å². The predicted octanol–water partition coefficient (Wildman–Crippen LogP) is 1.24. The number of carbonyl (C=O) groups excluding carboxylic acids is 3. The van der Waals surface area contributed by atoms with E-state index < -0.39 is 50.0 Å². The summed E-state index contributed by atoms with van der Waals surface area (Å²) in [7, 11) is -2.98. The molecule has 1 aromatic carbocycles. The Bertz CT molecular complexity index is 933. The summed E-state index contributed by atoms with van der Waals surface area (Å²) in [5, 5.41) is 21.4. The van der Waals surface area contributed by atoms with Crippen molar-refractivity contribution in [2.24, 2.45) is 5.92 Å². The molecule has 11 heteroatoms. The molecule has 0 fully saturated rings. The maximum absolute atomic E-state index is 12.7. The number of hydrogen-bond donors (Lipinski definition) is 1. The summed E-state index contributed by atoms with van der Waals surface area (Å²) < 4.78 is 34.2. The molecule has 1 N–H and O–H groups in total. The molecule has 2 atom stereocenters. The van der Waals surface area contributed by atoms with Crippen LogP contribution < -0.4 is 0 Å². The van der Waals surface area contributed by atoms with Crippen molar-refractivity contribution in [2.45, 2.75) is 37.5 Å². The molecule has 30 heavy (non-hydrogen) atoms. The maximum atomic E-state index is 12.7. The molecule has 2 unspecified atom stereocenters. The van der Waals surface area contributed by atoms with Crippen LogP contribution in [0.15, 0.2) is 29.2 Å². The Morgan fingerprint density at radius 2 is 1.83 bits per heavy atom. The van der Waals surface area contributed by atoms with Gasteiger partial charge in [-0.05, 0) is 25.0 Å². The highest BCUT2D eigenvalue weighted by molar-refractivity contribution is 7.90. The number of ether oxygens (including phenoxy) is 2. The average Bonchev–Trinajstić information content (AvgIpc) is 2.66. The third-order valence-electron chi connectivity index (χ3n) is 4.32. The summed E-state index contributed by atoms with van der Waals surface area (Å²) in [6.45, 7) is 2.86. The minimum absolute atomic E-state index is 0.0205. The predicted molar refractivity (Wildman–Crippen MR) is 105 cm³/mol. The van der Waals surface area contributed by atoms with Gasteiger partial charge >= 0.3 is 17.7 Å². The van der Waals surface area contributed by atoms with Gasteiger partial charge in [-0.1, -0.05) is 31.5 Å². The van der Waals surface area contributed by atoms with E-state index in [1.54, 1.807) is 0 Å². The number of nitrogens with zero attached hydrogens (tertiary/aromatic N) is 1. The number of esters is 2. The summed E-state index contributed by atoms with van der Waals surface area (Å²) in [6, 6.07) is 5.23. The van der Waals surface area contributed by atoms with Crippen molar-refractivity contribution in [3.05, 3.63) is 35.0 Å². The number of sulfone groups is 1. The maximum Gasteiger partial charge on any atom is 0.405 e. The molecule has 166 valence electrons. The van der Waals surface area contributed by atoms with Crippen LogP contribution in [0.4, 0.5) is 0 Å². The first kappa shape index (κ1) is 25.1. The van der Waals surface area contributed by atoms with E-state index in [-0.39, 0.29) is 17.1 Å². The fourth-order valence-corrected chi connectivity index (χ4v) is 3.88. The SMILES string of the molecule is CCCCOC(=O)C(C(C)=O)C(/C(C(=O)OC)=[N+](/[O-])O)c1ccccc1S(C)(=O)=O. The molecule has 10 nitrogen and oxygen atoms in total. The van der Waals surface area contributed by atoms with Crippen LogP contribution in [0.3, 0.4) is 0 Å². The number of hydrogen-bond acceptors (Lipinski definition) is 9. The second-order valence-electron chi connectivity index (χ2n) is 6.55. The number of methoxy groups -OCH3 is 1. The zero-order valence-corrected chi connectivity index (χ0v) is 18.0. The average molecular weight is 443 g/mol. The molecule has 1 rings (SSSR count). The van der Waals surface area contributed by atoms with Crippen molar-refractivity contribution >= 4 is 33.3 Å². The lowest BCUT2D eigenvalue weighted by atomic mass is 9.80. The number of unbranched alkanes of at least 4 members (excludes halogenated alkanes) is 1. The second kappa shape index (κ2) is 10.7. The van der Waals surface area contributed by atoms with E-state index in [1.807, 2.05) is 6.92 Å². The molecule has 0 aliphatic heterocycles. The zero-order valence-electron chi connectivity index (χ0n) is 17.2. The van der Waals surface area contributed by atoms with Gasteiger partial charge in [0.15, 0.2) is 9.84 Å². The van der Waals surface area contributed by atoms with Gasteiger partial charge < -0.3 is 14.7 Å². The standard InChI is InChI=1S/C19H25NO9S/c1-5-6-11-29-18(22)15(12(2)21)16(17(20(24)25)19(23)28-3)13-9-7-8-10-14(13)30(4,26)27/h7-10,15-16H,5-6,11H2,1-4H3,(H,24,25). The van der Waals surface area contributed by atoms with Crippen LogP contribution in [-0.2, 0) is 33.7 Å². The van der Waals surface area contributed by atoms with E-state index in [0.717, 1.165) is 20.3 Å². The first-order chi connectivity index (χ1) is 14.0. The molecule has 0 heterocycles. The van der Waals surface area contributed by atoms with E-state index in [4.69, 9.17) is 4.74 Å². The lowest BCUT2D eigenvalue weighted by Gasteiger charge is -2.23. The first-order valence-electron chi connectivity index (χ1n) is 9.04. The topological polar surface area (TPSA) is 150 Å². The number of ketones is 1.